The number of carboxylic acid groups (broad SMARTS) is 1. The van der Waals surface area contributed by atoms with Crippen LogP contribution in [0.3, 0.4) is 0 Å². The molecule has 0 aromatic carbocycles. The first-order valence-electron chi connectivity index (χ1n) is 5.69. The zero-order chi connectivity index (χ0) is 13.0. The summed E-state index contributed by atoms with van der Waals surface area (Å²) in [5.74, 6) is -1.35. The van der Waals surface area contributed by atoms with Crippen LogP contribution in [0.25, 0.3) is 6.08 Å². The Balaban J connectivity index is 0.00000180. The van der Waals surface area contributed by atoms with Crippen molar-refractivity contribution in [3.05, 3.63) is 29.7 Å². The highest BCUT2D eigenvalue weighted by Crippen LogP contribution is 2.15. The number of aliphatic carboxylic acids is 1. The van der Waals surface area contributed by atoms with Gasteiger partial charge in [0.1, 0.15) is 0 Å². The van der Waals surface area contributed by atoms with Crippen molar-refractivity contribution in [1.82, 2.24) is 10.3 Å². The van der Waals surface area contributed by atoms with Crippen LogP contribution >= 0.6 is 24.8 Å². The molecule has 0 radical (unpaired) electrons. The van der Waals surface area contributed by atoms with E-state index in [9.17, 15) is 9.18 Å². The predicted octanol–water partition coefficient (Wildman–Crippen LogP) is 1.94. The van der Waals surface area contributed by atoms with Crippen LogP contribution in [0.2, 0.25) is 0 Å². The van der Waals surface area contributed by atoms with E-state index in [0.29, 0.717) is 5.56 Å². The Kier molecular flexibility index (Phi) is 8.13. The zero-order valence-electron chi connectivity index (χ0n) is 10.5. The summed E-state index contributed by atoms with van der Waals surface area (Å²) in [4.78, 5) is 14.3. The van der Waals surface area contributed by atoms with Gasteiger partial charge in [0.05, 0.1) is 0 Å². The number of aromatic nitrogens is 1. The molecule has 1 aliphatic heterocycles. The monoisotopic (exact) mass is 323 g/mol. The smallest absolute Gasteiger partial charge is 0.328 e. The van der Waals surface area contributed by atoms with Crippen LogP contribution < -0.4 is 10.6 Å². The number of rotatable bonds is 4. The maximum Gasteiger partial charge on any atom is 0.328 e. The minimum absolute atomic E-state index is 0. The first-order chi connectivity index (χ1) is 8.65. The lowest BCUT2D eigenvalue weighted by Gasteiger charge is -2.12. The fraction of sp³-hybridized carbons (Fsp3) is 0.333. The third-order valence-corrected chi connectivity index (χ3v) is 2.68. The van der Waals surface area contributed by atoms with Crippen LogP contribution in [-0.2, 0) is 4.79 Å². The van der Waals surface area contributed by atoms with E-state index in [1.165, 1.54) is 18.3 Å². The molecule has 8 heteroatoms. The van der Waals surface area contributed by atoms with Gasteiger partial charge in [-0.3, -0.25) is 0 Å². The molecule has 1 fully saturated rings. The van der Waals surface area contributed by atoms with Gasteiger partial charge in [0, 0.05) is 24.9 Å². The van der Waals surface area contributed by atoms with Crippen LogP contribution in [0.5, 0.6) is 0 Å². The molecule has 1 saturated heterocycles. The maximum absolute atomic E-state index is 13.7. The van der Waals surface area contributed by atoms with Gasteiger partial charge in [0.15, 0.2) is 11.6 Å². The van der Waals surface area contributed by atoms with Crippen molar-refractivity contribution in [3.63, 3.8) is 0 Å². The van der Waals surface area contributed by atoms with Crippen molar-refractivity contribution in [2.75, 3.05) is 18.4 Å². The van der Waals surface area contributed by atoms with Gasteiger partial charge >= 0.3 is 5.97 Å². The molecule has 0 aliphatic carbocycles. The molecule has 0 spiro atoms. The Labute approximate surface area is 128 Å². The maximum atomic E-state index is 13.7. The third-order valence-electron chi connectivity index (χ3n) is 2.68. The average molecular weight is 324 g/mol. The number of nitrogens with one attached hydrogen (secondary N) is 2. The highest BCUT2D eigenvalue weighted by atomic mass is 35.5. The number of halogens is 3. The molecule has 1 aromatic rings. The fourth-order valence-corrected chi connectivity index (χ4v) is 1.79. The van der Waals surface area contributed by atoms with E-state index in [4.69, 9.17) is 5.11 Å². The van der Waals surface area contributed by atoms with Crippen LogP contribution in [0, 0.1) is 5.82 Å². The number of anilines is 1. The number of carbonyl (C=O) groups is 1. The van der Waals surface area contributed by atoms with Gasteiger partial charge in [0.2, 0.25) is 0 Å². The number of hydrogen-bond acceptors (Lipinski definition) is 4. The summed E-state index contributed by atoms with van der Waals surface area (Å²) in [6.07, 6.45) is 4.62. The Morgan fingerprint density at radius 2 is 2.30 bits per heavy atom. The number of pyridine rings is 1. The van der Waals surface area contributed by atoms with E-state index in [-0.39, 0.29) is 36.7 Å². The van der Waals surface area contributed by atoms with Gasteiger partial charge in [0.25, 0.3) is 0 Å². The molecule has 112 valence electrons. The molecular formula is C12H16Cl2FN3O2. The van der Waals surface area contributed by atoms with Gasteiger partial charge in [-0.1, -0.05) is 0 Å². The van der Waals surface area contributed by atoms with Gasteiger partial charge in [-0.15, -0.1) is 24.8 Å². The molecule has 20 heavy (non-hydrogen) atoms. The number of nitrogens with zero attached hydrogens (tertiary/aromatic N) is 1. The lowest BCUT2D eigenvalue weighted by Crippen LogP contribution is -2.23. The summed E-state index contributed by atoms with van der Waals surface area (Å²) in [5, 5.41) is 14.6. The first-order valence-corrected chi connectivity index (χ1v) is 5.69. The molecule has 0 unspecified atom stereocenters. The molecule has 0 amide bonds. The average Bonchev–Trinajstić information content (AvgIpc) is 2.82. The van der Waals surface area contributed by atoms with E-state index in [1.54, 1.807) is 0 Å². The minimum Gasteiger partial charge on any atom is -0.478 e. The van der Waals surface area contributed by atoms with Crippen molar-refractivity contribution >= 4 is 42.7 Å². The molecule has 2 heterocycles. The standard InChI is InChI=1S/C12H14FN3O2.2ClH/c13-10-5-8(1-2-11(17)18)6-15-12(10)16-9-3-4-14-7-9;;/h1-2,5-6,9,14H,3-4,7H2,(H,15,16)(H,17,18);2*1H/b2-1+;;/t9-;;/m1../s1. The molecule has 0 bridgehead atoms. The molecule has 5 nitrogen and oxygen atoms in total. The van der Waals surface area contributed by atoms with Crippen LogP contribution in [0.15, 0.2) is 18.3 Å². The molecular weight excluding hydrogens is 308 g/mol. The Bertz CT molecular complexity index is 480. The topological polar surface area (TPSA) is 74.2 Å². The van der Waals surface area contributed by atoms with Crippen molar-refractivity contribution in [1.29, 1.82) is 0 Å². The molecule has 1 atom stereocenters. The summed E-state index contributed by atoms with van der Waals surface area (Å²) in [6.45, 7) is 1.71. The summed E-state index contributed by atoms with van der Waals surface area (Å²) in [6, 6.07) is 1.45. The highest BCUT2D eigenvalue weighted by molar-refractivity contribution is 5.86. The third kappa shape index (κ3) is 5.32. The largest absolute Gasteiger partial charge is 0.478 e. The van der Waals surface area contributed by atoms with Crippen molar-refractivity contribution in [3.8, 4) is 0 Å². The first kappa shape index (κ1) is 18.6. The summed E-state index contributed by atoms with van der Waals surface area (Å²) < 4.78 is 13.7. The van der Waals surface area contributed by atoms with E-state index in [2.05, 4.69) is 15.6 Å². The SMILES string of the molecule is Cl.Cl.O=C(O)/C=C/c1cnc(N[C@@H]2CCNC2)c(F)c1. The summed E-state index contributed by atoms with van der Waals surface area (Å²) in [7, 11) is 0. The van der Waals surface area contributed by atoms with Crippen LogP contribution in [-0.4, -0.2) is 35.2 Å². The zero-order valence-corrected chi connectivity index (χ0v) is 12.1. The van der Waals surface area contributed by atoms with Crippen LogP contribution in [0.4, 0.5) is 10.2 Å². The quantitative estimate of drug-likeness (QED) is 0.738. The molecule has 2 rings (SSSR count). The minimum atomic E-state index is -1.07. The van der Waals surface area contributed by atoms with Gasteiger partial charge < -0.3 is 15.7 Å². The molecule has 0 saturated carbocycles. The Morgan fingerprint density at radius 3 is 2.85 bits per heavy atom. The van der Waals surface area contributed by atoms with Crippen molar-refractivity contribution in [2.24, 2.45) is 0 Å². The van der Waals surface area contributed by atoms with Crippen molar-refractivity contribution < 1.29 is 14.3 Å². The normalized spacial score (nSPS) is 17.4. The second-order valence-electron chi connectivity index (χ2n) is 4.10. The lowest BCUT2D eigenvalue weighted by atomic mass is 10.2. The van der Waals surface area contributed by atoms with Crippen molar-refractivity contribution in [2.45, 2.75) is 12.5 Å². The van der Waals surface area contributed by atoms with Gasteiger partial charge in [-0.05, 0) is 30.7 Å². The summed E-state index contributed by atoms with van der Waals surface area (Å²) in [5.41, 5.74) is 0.421. The van der Waals surface area contributed by atoms with E-state index in [0.717, 1.165) is 25.6 Å². The fourth-order valence-electron chi connectivity index (χ4n) is 1.79. The number of hydrogen-bond donors (Lipinski definition) is 3. The lowest BCUT2D eigenvalue weighted by molar-refractivity contribution is -0.131. The van der Waals surface area contributed by atoms with Crippen LogP contribution in [0.1, 0.15) is 12.0 Å². The second-order valence-corrected chi connectivity index (χ2v) is 4.10. The van der Waals surface area contributed by atoms with Gasteiger partial charge in [-0.25, -0.2) is 14.2 Å². The van der Waals surface area contributed by atoms with E-state index >= 15 is 0 Å². The molecule has 1 aromatic heterocycles. The van der Waals surface area contributed by atoms with E-state index in [1.807, 2.05) is 0 Å². The predicted molar refractivity (Wildman–Crippen MR) is 80.3 cm³/mol. The second kappa shape index (κ2) is 8.73. The Hall–Kier alpha value is -1.37. The summed E-state index contributed by atoms with van der Waals surface area (Å²) >= 11 is 0. The molecule has 1 aliphatic rings. The van der Waals surface area contributed by atoms with E-state index < -0.39 is 11.8 Å². The Morgan fingerprint density at radius 1 is 1.55 bits per heavy atom. The van der Waals surface area contributed by atoms with Gasteiger partial charge in [-0.2, -0.15) is 0 Å². The molecule has 3 N–H and O–H groups in total. The number of carboxylic acids is 1. The highest BCUT2D eigenvalue weighted by Gasteiger charge is 2.16.